The Labute approximate surface area is 182 Å². The fraction of sp³-hybridized carbons (Fsp3) is 0.160. The second kappa shape index (κ2) is 11.4. The normalized spacial score (nSPS) is 11.7. The van der Waals surface area contributed by atoms with Gasteiger partial charge in [0.25, 0.3) is 0 Å². The summed E-state index contributed by atoms with van der Waals surface area (Å²) in [5.41, 5.74) is 3.22. The largest absolute Gasteiger partial charge is 0.508 e. The van der Waals surface area contributed by atoms with Crippen molar-refractivity contribution in [3.8, 4) is 11.5 Å². The van der Waals surface area contributed by atoms with Crippen molar-refractivity contribution < 1.29 is 29.1 Å². The van der Waals surface area contributed by atoms with E-state index < -0.39 is 0 Å². The van der Waals surface area contributed by atoms with E-state index in [2.05, 4.69) is 11.5 Å². The van der Waals surface area contributed by atoms with E-state index in [9.17, 15) is 9.90 Å². The molecule has 6 nitrogen and oxygen atoms in total. The first kappa shape index (κ1) is 23.5. The van der Waals surface area contributed by atoms with Gasteiger partial charge in [-0.15, -0.1) is 0 Å². The molecule has 0 radical (unpaired) electrons. The molecule has 6 heteroatoms. The highest BCUT2D eigenvalue weighted by atomic mass is 17.2. The van der Waals surface area contributed by atoms with Crippen molar-refractivity contribution in [1.29, 1.82) is 0 Å². The number of hydrogen-bond donors (Lipinski definition) is 1. The molecule has 0 saturated heterocycles. The van der Waals surface area contributed by atoms with E-state index in [1.165, 1.54) is 26.4 Å². The molecule has 0 heterocycles. The second-order valence-corrected chi connectivity index (χ2v) is 6.50. The van der Waals surface area contributed by atoms with Crippen LogP contribution in [-0.2, 0) is 14.6 Å². The molecule has 2 aromatic rings. The van der Waals surface area contributed by atoms with E-state index in [4.69, 9.17) is 14.4 Å². The van der Waals surface area contributed by atoms with Gasteiger partial charge in [0, 0.05) is 6.08 Å². The zero-order chi connectivity index (χ0) is 22.8. The third-order valence-electron chi connectivity index (χ3n) is 4.32. The van der Waals surface area contributed by atoms with Gasteiger partial charge in [0.15, 0.2) is 11.5 Å². The van der Waals surface area contributed by atoms with Gasteiger partial charge in [-0.2, -0.15) is 4.89 Å². The van der Waals surface area contributed by atoms with Crippen molar-refractivity contribution in [2.75, 3.05) is 21.3 Å². The highest BCUT2D eigenvalue weighted by Crippen LogP contribution is 2.27. The van der Waals surface area contributed by atoms with Crippen molar-refractivity contribution in [2.24, 2.45) is 0 Å². The highest BCUT2D eigenvalue weighted by molar-refractivity contribution is 6.02. The van der Waals surface area contributed by atoms with E-state index >= 15 is 0 Å². The summed E-state index contributed by atoms with van der Waals surface area (Å²) in [6, 6.07) is 10.9. The number of aliphatic hydroxyl groups is 1. The fourth-order valence-electron chi connectivity index (χ4n) is 2.73. The molecule has 0 aliphatic rings. The lowest BCUT2D eigenvalue weighted by Crippen LogP contribution is -1.95. The third kappa shape index (κ3) is 6.90. The van der Waals surface area contributed by atoms with Crippen LogP contribution in [0.4, 0.5) is 0 Å². The van der Waals surface area contributed by atoms with Gasteiger partial charge in [-0.1, -0.05) is 36.9 Å². The van der Waals surface area contributed by atoms with Crippen LogP contribution in [0.1, 0.15) is 22.3 Å². The van der Waals surface area contributed by atoms with Crippen LogP contribution in [0.5, 0.6) is 11.5 Å². The molecule has 0 unspecified atom stereocenters. The quantitative estimate of drug-likeness (QED) is 0.184. The summed E-state index contributed by atoms with van der Waals surface area (Å²) in [7, 11) is 4.51. The Bertz CT molecular complexity index is 1030. The number of ketones is 1. The SMILES string of the molecule is C=C(OOC)c1ccc(/C=C/C(O)=CC(=O)/C=C/c2ccc(C)c(OC)c2)cc1OC. The minimum Gasteiger partial charge on any atom is -0.508 e. The molecular formula is C25H26O6. The first-order chi connectivity index (χ1) is 14.9. The Hall–Kier alpha value is -3.77. The number of allylic oxidation sites excluding steroid dienone is 3. The van der Waals surface area contributed by atoms with Crippen LogP contribution >= 0.6 is 0 Å². The molecule has 0 amide bonds. The molecule has 0 saturated carbocycles. The van der Waals surface area contributed by atoms with E-state index in [1.54, 1.807) is 37.5 Å². The van der Waals surface area contributed by atoms with E-state index in [0.29, 0.717) is 17.1 Å². The maximum atomic E-state index is 12.1. The predicted octanol–water partition coefficient (Wildman–Crippen LogP) is 5.30. The molecule has 0 spiro atoms. The zero-order valence-corrected chi connectivity index (χ0v) is 18.0. The van der Waals surface area contributed by atoms with Gasteiger partial charge in [-0.25, -0.2) is 0 Å². The molecule has 162 valence electrons. The summed E-state index contributed by atoms with van der Waals surface area (Å²) < 4.78 is 10.6. The summed E-state index contributed by atoms with van der Waals surface area (Å²) in [6.45, 7) is 5.71. The highest BCUT2D eigenvalue weighted by Gasteiger charge is 2.09. The standard InChI is InChI=1S/C25H26O6/c1-17-6-7-19(14-24(17)28-3)8-11-21(26)16-22(27)12-9-20-10-13-23(18(2)31-30-5)25(15-20)29-4/h6-16,27H,2H2,1,3-5H3/b11-8+,12-9+,22-16?. The summed E-state index contributed by atoms with van der Waals surface area (Å²) in [4.78, 5) is 21.6. The number of ether oxygens (including phenoxy) is 2. The molecule has 0 aromatic heterocycles. The summed E-state index contributed by atoms with van der Waals surface area (Å²) >= 11 is 0. The molecule has 0 atom stereocenters. The fourth-order valence-corrected chi connectivity index (χ4v) is 2.73. The summed E-state index contributed by atoms with van der Waals surface area (Å²) in [5, 5.41) is 10.1. The van der Waals surface area contributed by atoms with Crippen molar-refractivity contribution in [2.45, 2.75) is 6.92 Å². The van der Waals surface area contributed by atoms with E-state index in [1.807, 2.05) is 25.1 Å². The Morgan fingerprint density at radius 2 is 1.55 bits per heavy atom. The van der Waals surface area contributed by atoms with Gasteiger partial charge in [0.2, 0.25) is 0 Å². The average molecular weight is 422 g/mol. The Balaban J connectivity index is 2.08. The number of aliphatic hydroxyl groups excluding tert-OH is 1. The van der Waals surface area contributed by atoms with Crippen molar-refractivity contribution in [1.82, 2.24) is 0 Å². The lowest BCUT2D eigenvalue weighted by Gasteiger charge is -2.10. The molecule has 1 N–H and O–H groups in total. The van der Waals surface area contributed by atoms with Crippen LogP contribution in [0, 0.1) is 6.92 Å². The number of carbonyl (C=O) groups excluding carboxylic acids is 1. The maximum absolute atomic E-state index is 12.1. The molecule has 31 heavy (non-hydrogen) atoms. The van der Waals surface area contributed by atoms with Crippen LogP contribution < -0.4 is 9.47 Å². The minimum absolute atomic E-state index is 0.175. The average Bonchev–Trinajstić information content (AvgIpc) is 2.77. The second-order valence-electron chi connectivity index (χ2n) is 6.50. The summed E-state index contributed by atoms with van der Waals surface area (Å²) in [5.74, 6) is 1.06. The number of hydrogen-bond acceptors (Lipinski definition) is 6. The topological polar surface area (TPSA) is 74.2 Å². The number of rotatable bonds is 10. The van der Waals surface area contributed by atoms with Gasteiger partial charge in [-0.05, 0) is 54.0 Å². The van der Waals surface area contributed by atoms with Crippen LogP contribution in [0.2, 0.25) is 0 Å². The molecule has 0 fully saturated rings. The molecule has 0 aliphatic carbocycles. The molecule has 0 bridgehead atoms. The van der Waals surface area contributed by atoms with Gasteiger partial charge < -0.3 is 19.5 Å². The van der Waals surface area contributed by atoms with Gasteiger partial charge in [-0.3, -0.25) is 4.79 Å². The summed E-state index contributed by atoms with van der Waals surface area (Å²) in [6.07, 6.45) is 7.26. The Morgan fingerprint density at radius 3 is 2.19 bits per heavy atom. The zero-order valence-electron chi connectivity index (χ0n) is 18.0. The smallest absolute Gasteiger partial charge is 0.182 e. The van der Waals surface area contributed by atoms with E-state index in [0.717, 1.165) is 28.5 Å². The van der Waals surface area contributed by atoms with Crippen LogP contribution in [0.15, 0.2) is 67.0 Å². The van der Waals surface area contributed by atoms with E-state index in [-0.39, 0.29) is 11.5 Å². The predicted molar refractivity (Wildman–Crippen MR) is 122 cm³/mol. The Morgan fingerprint density at radius 1 is 0.935 bits per heavy atom. The van der Waals surface area contributed by atoms with Crippen LogP contribution in [0.3, 0.4) is 0 Å². The number of aryl methyl sites for hydroxylation is 1. The molecule has 2 aromatic carbocycles. The van der Waals surface area contributed by atoms with Crippen molar-refractivity contribution >= 4 is 23.7 Å². The van der Waals surface area contributed by atoms with Gasteiger partial charge in [0.05, 0.1) is 26.9 Å². The minimum atomic E-state index is -0.345. The number of benzene rings is 2. The van der Waals surface area contributed by atoms with Crippen LogP contribution in [-0.4, -0.2) is 32.2 Å². The van der Waals surface area contributed by atoms with Gasteiger partial charge in [0.1, 0.15) is 17.3 Å². The van der Waals surface area contributed by atoms with Crippen molar-refractivity contribution in [3.05, 3.63) is 89.2 Å². The molecular weight excluding hydrogens is 396 g/mol. The monoisotopic (exact) mass is 422 g/mol. The first-order valence-electron chi connectivity index (χ1n) is 9.41. The Kier molecular flexibility index (Phi) is 8.66. The third-order valence-corrected chi connectivity index (χ3v) is 4.32. The maximum Gasteiger partial charge on any atom is 0.182 e. The lowest BCUT2D eigenvalue weighted by atomic mass is 10.1. The number of methoxy groups -OCH3 is 2. The number of carbonyl (C=O) groups is 1. The molecule has 2 rings (SSSR count). The van der Waals surface area contributed by atoms with Crippen molar-refractivity contribution in [3.63, 3.8) is 0 Å². The molecule has 0 aliphatic heterocycles. The van der Waals surface area contributed by atoms with Gasteiger partial charge >= 0.3 is 0 Å². The van der Waals surface area contributed by atoms with Crippen LogP contribution in [0.25, 0.3) is 17.9 Å². The lowest BCUT2D eigenvalue weighted by molar-refractivity contribution is -0.207. The first-order valence-corrected chi connectivity index (χ1v) is 9.41.